The van der Waals surface area contributed by atoms with Gasteiger partial charge in [0.05, 0.1) is 13.7 Å². The number of benzene rings is 1. The van der Waals surface area contributed by atoms with Gasteiger partial charge in [0, 0.05) is 11.6 Å². The van der Waals surface area contributed by atoms with Crippen molar-refractivity contribution in [2.75, 3.05) is 13.7 Å². The number of hydrogen-bond donors (Lipinski definition) is 2. The lowest BCUT2D eigenvalue weighted by Crippen LogP contribution is -2.43. The number of esters is 1. The summed E-state index contributed by atoms with van der Waals surface area (Å²) >= 11 is 0. The summed E-state index contributed by atoms with van der Waals surface area (Å²) < 4.78 is 10.4. The van der Waals surface area contributed by atoms with Crippen LogP contribution in [0.3, 0.4) is 0 Å². The average Bonchev–Trinajstić information content (AvgIpc) is 3.26. The van der Waals surface area contributed by atoms with Gasteiger partial charge < -0.3 is 14.6 Å². The van der Waals surface area contributed by atoms with E-state index in [0.717, 1.165) is 12.8 Å². The van der Waals surface area contributed by atoms with Crippen molar-refractivity contribution in [3.05, 3.63) is 29.8 Å². The van der Waals surface area contributed by atoms with Crippen LogP contribution in [0.5, 0.6) is 5.75 Å². The number of para-hydroxylation sites is 1. The summed E-state index contributed by atoms with van der Waals surface area (Å²) in [6.07, 6.45) is 2.17. The third-order valence-electron chi connectivity index (χ3n) is 3.05. The predicted molar refractivity (Wildman–Crippen MR) is 69.8 cm³/mol. The maximum Gasteiger partial charge on any atom is 0.326 e. The molecule has 0 heterocycles. The highest BCUT2D eigenvalue weighted by molar-refractivity contribution is 5.76. The van der Waals surface area contributed by atoms with Gasteiger partial charge in [0.1, 0.15) is 18.4 Å². The van der Waals surface area contributed by atoms with Gasteiger partial charge in [0.15, 0.2) is 0 Å². The minimum absolute atomic E-state index is 0.0882. The predicted octanol–water partition coefficient (Wildman–Crippen LogP) is 0.851. The second-order valence-electron chi connectivity index (χ2n) is 4.59. The fourth-order valence-corrected chi connectivity index (χ4v) is 1.81. The molecule has 0 aliphatic heterocycles. The number of methoxy groups -OCH3 is 1. The summed E-state index contributed by atoms with van der Waals surface area (Å²) in [5.41, 5.74) is 0.706. The molecule has 104 valence electrons. The second kappa shape index (κ2) is 6.54. The van der Waals surface area contributed by atoms with Crippen LogP contribution in [0.1, 0.15) is 18.4 Å². The van der Waals surface area contributed by atoms with Crippen molar-refractivity contribution in [1.82, 2.24) is 5.32 Å². The smallest absolute Gasteiger partial charge is 0.326 e. The van der Waals surface area contributed by atoms with E-state index in [2.05, 4.69) is 5.32 Å². The monoisotopic (exact) mass is 265 g/mol. The summed E-state index contributed by atoms with van der Waals surface area (Å²) in [6, 6.07) is 7.15. The molecule has 0 bridgehead atoms. The molecule has 5 heteroatoms. The van der Waals surface area contributed by atoms with Crippen molar-refractivity contribution in [2.45, 2.75) is 31.5 Å². The van der Waals surface area contributed by atoms with Crippen LogP contribution < -0.4 is 10.1 Å². The molecule has 1 aliphatic carbocycles. The Balaban J connectivity index is 1.95. The molecule has 2 rings (SSSR count). The van der Waals surface area contributed by atoms with Gasteiger partial charge in [0.2, 0.25) is 0 Å². The number of aliphatic hydroxyl groups is 1. The van der Waals surface area contributed by atoms with Crippen molar-refractivity contribution < 1.29 is 19.4 Å². The maximum atomic E-state index is 11.6. The molecule has 1 atom stereocenters. The van der Waals surface area contributed by atoms with Gasteiger partial charge in [-0.3, -0.25) is 10.1 Å². The van der Waals surface area contributed by atoms with E-state index >= 15 is 0 Å². The number of ether oxygens (including phenoxy) is 2. The van der Waals surface area contributed by atoms with E-state index in [1.54, 1.807) is 12.1 Å². The Morgan fingerprint density at radius 3 is 2.84 bits per heavy atom. The molecule has 0 saturated heterocycles. The van der Waals surface area contributed by atoms with Gasteiger partial charge in [-0.05, 0) is 18.9 Å². The minimum Gasteiger partial charge on any atom is -0.491 e. The largest absolute Gasteiger partial charge is 0.491 e. The topological polar surface area (TPSA) is 67.8 Å². The molecule has 1 unspecified atom stereocenters. The van der Waals surface area contributed by atoms with Crippen LogP contribution in [-0.2, 0) is 16.1 Å². The SMILES string of the molecule is COC(=O)C(COc1ccccc1CO)NC1CC1. The van der Waals surface area contributed by atoms with Crippen LogP contribution in [0.4, 0.5) is 0 Å². The first kappa shape index (κ1) is 13.8. The van der Waals surface area contributed by atoms with Crippen molar-refractivity contribution in [3.8, 4) is 5.75 Å². The quantitative estimate of drug-likeness (QED) is 0.715. The molecule has 1 saturated carbocycles. The van der Waals surface area contributed by atoms with Crippen LogP contribution in [0, 0.1) is 0 Å². The fourth-order valence-electron chi connectivity index (χ4n) is 1.81. The maximum absolute atomic E-state index is 11.6. The third-order valence-corrected chi connectivity index (χ3v) is 3.05. The molecule has 5 nitrogen and oxygen atoms in total. The van der Waals surface area contributed by atoms with E-state index in [-0.39, 0.29) is 19.2 Å². The Kier molecular flexibility index (Phi) is 4.76. The van der Waals surface area contributed by atoms with Crippen LogP contribution >= 0.6 is 0 Å². The lowest BCUT2D eigenvalue weighted by atomic mass is 10.2. The Hall–Kier alpha value is -1.59. The standard InChI is InChI=1S/C14H19NO4/c1-18-14(17)12(15-11-6-7-11)9-19-13-5-3-2-4-10(13)8-16/h2-5,11-12,15-16H,6-9H2,1H3. The number of rotatable bonds is 7. The van der Waals surface area contributed by atoms with Crippen LogP contribution in [-0.4, -0.2) is 36.9 Å². The molecular formula is C14H19NO4. The fraction of sp³-hybridized carbons (Fsp3) is 0.500. The highest BCUT2D eigenvalue weighted by Crippen LogP contribution is 2.21. The van der Waals surface area contributed by atoms with E-state index < -0.39 is 6.04 Å². The Labute approximate surface area is 112 Å². The van der Waals surface area contributed by atoms with E-state index in [9.17, 15) is 9.90 Å². The Morgan fingerprint density at radius 2 is 2.21 bits per heavy atom. The minimum atomic E-state index is -0.468. The molecule has 1 fully saturated rings. The summed E-state index contributed by atoms with van der Waals surface area (Å²) in [5, 5.41) is 12.4. The highest BCUT2D eigenvalue weighted by Gasteiger charge is 2.29. The molecule has 1 aromatic carbocycles. The molecule has 0 radical (unpaired) electrons. The summed E-state index contributed by atoms with van der Waals surface area (Å²) in [7, 11) is 1.37. The first-order valence-electron chi connectivity index (χ1n) is 6.40. The highest BCUT2D eigenvalue weighted by atomic mass is 16.5. The zero-order chi connectivity index (χ0) is 13.7. The zero-order valence-corrected chi connectivity index (χ0v) is 11.0. The first-order chi connectivity index (χ1) is 9.24. The number of nitrogens with one attached hydrogen (secondary N) is 1. The number of aliphatic hydroxyl groups excluding tert-OH is 1. The second-order valence-corrected chi connectivity index (χ2v) is 4.59. The normalized spacial score (nSPS) is 15.9. The molecule has 0 amide bonds. The van der Waals surface area contributed by atoms with E-state index in [4.69, 9.17) is 9.47 Å². The van der Waals surface area contributed by atoms with Crippen molar-refractivity contribution in [1.29, 1.82) is 0 Å². The average molecular weight is 265 g/mol. The van der Waals surface area contributed by atoms with Crippen molar-refractivity contribution in [3.63, 3.8) is 0 Å². The Bertz CT molecular complexity index is 431. The first-order valence-corrected chi connectivity index (χ1v) is 6.40. The van der Waals surface area contributed by atoms with Gasteiger partial charge in [-0.25, -0.2) is 0 Å². The number of hydrogen-bond acceptors (Lipinski definition) is 5. The van der Waals surface area contributed by atoms with Gasteiger partial charge >= 0.3 is 5.97 Å². The van der Waals surface area contributed by atoms with Crippen LogP contribution in [0.15, 0.2) is 24.3 Å². The molecule has 1 aliphatic rings. The molecule has 0 aromatic heterocycles. The summed E-state index contributed by atoms with van der Waals surface area (Å²) in [6.45, 7) is 0.106. The number of carbonyl (C=O) groups is 1. The van der Waals surface area contributed by atoms with Crippen LogP contribution in [0.2, 0.25) is 0 Å². The van der Waals surface area contributed by atoms with Gasteiger partial charge in [-0.15, -0.1) is 0 Å². The molecule has 0 spiro atoms. The van der Waals surface area contributed by atoms with Crippen molar-refractivity contribution in [2.24, 2.45) is 0 Å². The lowest BCUT2D eigenvalue weighted by molar-refractivity contribution is -0.144. The third kappa shape index (κ3) is 3.94. The summed E-state index contributed by atoms with van der Waals surface area (Å²) in [5.74, 6) is 0.268. The van der Waals surface area contributed by atoms with E-state index in [1.807, 2.05) is 12.1 Å². The zero-order valence-electron chi connectivity index (χ0n) is 11.0. The Morgan fingerprint density at radius 1 is 1.47 bits per heavy atom. The summed E-state index contributed by atoms with van der Waals surface area (Å²) in [4.78, 5) is 11.6. The van der Waals surface area contributed by atoms with Crippen LogP contribution in [0.25, 0.3) is 0 Å². The molecule has 2 N–H and O–H groups in total. The van der Waals surface area contributed by atoms with Gasteiger partial charge in [-0.1, -0.05) is 18.2 Å². The van der Waals surface area contributed by atoms with E-state index in [1.165, 1.54) is 7.11 Å². The van der Waals surface area contributed by atoms with Gasteiger partial charge in [0.25, 0.3) is 0 Å². The molecule has 1 aromatic rings. The molecule has 19 heavy (non-hydrogen) atoms. The van der Waals surface area contributed by atoms with Crippen molar-refractivity contribution >= 4 is 5.97 Å². The number of carbonyl (C=O) groups excluding carboxylic acids is 1. The van der Waals surface area contributed by atoms with Gasteiger partial charge in [-0.2, -0.15) is 0 Å². The lowest BCUT2D eigenvalue weighted by Gasteiger charge is -2.18. The molecular weight excluding hydrogens is 246 g/mol. The van der Waals surface area contributed by atoms with E-state index in [0.29, 0.717) is 17.4 Å².